The number of nitrogens with zero attached hydrogens (tertiary/aromatic N) is 3. The fourth-order valence-electron chi connectivity index (χ4n) is 2.61. The smallest absolute Gasteiger partial charge is 0.191 e. The van der Waals surface area contributed by atoms with Crippen molar-refractivity contribution < 1.29 is 4.74 Å². The van der Waals surface area contributed by atoms with Gasteiger partial charge in [0.05, 0.1) is 13.2 Å². The number of anilines is 1. The molecule has 142 valence electrons. The maximum atomic E-state index is 5.43. The van der Waals surface area contributed by atoms with Crippen LogP contribution in [-0.2, 0) is 11.3 Å². The van der Waals surface area contributed by atoms with Crippen LogP contribution in [0.3, 0.4) is 0 Å². The molecule has 1 aliphatic heterocycles. The van der Waals surface area contributed by atoms with Crippen molar-refractivity contribution in [2.45, 2.75) is 19.4 Å². The largest absolute Gasteiger partial charge is 0.378 e. The number of aliphatic imine (C=N–C) groups is 1. The highest BCUT2D eigenvalue weighted by Crippen LogP contribution is 2.18. The minimum atomic E-state index is 0. The molecular weight excluding hydrogens is 449 g/mol. The molecule has 1 aliphatic rings. The molecule has 0 aromatic carbocycles. The molecule has 0 saturated carbocycles. The number of morpholine rings is 1. The average molecular weight is 479 g/mol. The molecule has 0 amide bonds. The number of unbranched alkanes of at least 4 members (excludes halogenated alkanes) is 1. The average Bonchev–Trinajstić information content (AvgIpc) is 2.65. The number of pyridine rings is 1. The van der Waals surface area contributed by atoms with E-state index in [2.05, 4.69) is 37.8 Å². The lowest BCUT2D eigenvalue weighted by Crippen LogP contribution is -2.39. The quantitative estimate of drug-likeness (QED) is 0.259. The number of nitrogens with one attached hydrogen (secondary N) is 2. The van der Waals surface area contributed by atoms with Crippen molar-refractivity contribution >= 4 is 47.5 Å². The minimum absolute atomic E-state index is 0. The summed E-state index contributed by atoms with van der Waals surface area (Å²) in [4.78, 5) is 11.2. The topological polar surface area (TPSA) is 61.8 Å². The highest BCUT2D eigenvalue weighted by Gasteiger charge is 2.15. The Kier molecular flexibility index (Phi) is 12.0. The summed E-state index contributed by atoms with van der Waals surface area (Å²) >= 11 is 1.89. The Morgan fingerprint density at radius 1 is 1.32 bits per heavy atom. The maximum Gasteiger partial charge on any atom is 0.191 e. The van der Waals surface area contributed by atoms with Crippen LogP contribution in [0.4, 0.5) is 5.82 Å². The van der Waals surface area contributed by atoms with Crippen LogP contribution in [-0.4, -0.2) is 62.8 Å². The summed E-state index contributed by atoms with van der Waals surface area (Å²) in [6.07, 6.45) is 6.39. The molecule has 1 fully saturated rings. The first-order valence-corrected chi connectivity index (χ1v) is 9.94. The van der Waals surface area contributed by atoms with E-state index in [4.69, 9.17) is 4.74 Å². The van der Waals surface area contributed by atoms with E-state index < -0.39 is 0 Å². The third kappa shape index (κ3) is 8.00. The summed E-state index contributed by atoms with van der Waals surface area (Å²) in [6, 6.07) is 4.11. The van der Waals surface area contributed by atoms with Crippen molar-refractivity contribution in [1.29, 1.82) is 0 Å². The predicted molar refractivity (Wildman–Crippen MR) is 119 cm³/mol. The number of rotatable bonds is 8. The number of hydrogen-bond donors (Lipinski definition) is 2. The van der Waals surface area contributed by atoms with E-state index >= 15 is 0 Å². The lowest BCUT2D eigenvalue weighted by molar-refractivity contribution is 0.122. The van der Waals surface area contributed by atoms with Crippen LogP contribution in [0.2, 0.25) is 0 Å². The maximum absolute atomic E-state index is 5.43. The Morgan fingerprint density at radius 2 is 2.12 bits per heavy atom. The van der Waals surface area contributed by atoms with Gasteiger partial charge in [0.1, 0.15) is 5.82 Å². The third-order valence-corrected chi connectivity index (χ3v) is 4.61. The fourth-order valence-corrected chi connectivity index (χ4v) is 3.10. The second-order valence-corrected chi connectivity index (χ2v) is 6.62. The molecule has 25 heavy (non-hydrogen) atoms. The molecule has 8 heteroatoms. The molecule has 0 atom stereocenters. The normalized spacial score (nSPS) is 14.8. The zero-order valence-electron chi connectivity index (χ0n) is 15.2. The Hall–Kier alpha value is -0.740. The highest BCUT2D eigenvalue weighted by molar-refractivity contribution is 14.0. The molecule has 1 aromatic rings. The highest BCUT2D eigenvalue weighted by atomic mass is 127. The summed E-state index contributed by atoms with van der Waals surface area (Å²) in [7, 11) is 1.81. The number of halogens is 1. The lowest BCUT2D eigenvalue weighted by Gasteiger charge is -2.29. The van der Waals surface area contributed by atoms with Crippen LogP contribution >= 0.6 is 35.7 Å². The SMILES string of the molecule is CN=C(NCCCCSC)NCc1cccnc1N1CCOCC1.I. The lowest BCUT2D eigenvalue weighted by atomic mass is 10.2. The Labute approximate surface area is 172 Å². The van der Waals surface area contributed by atoms with Crippen molar-refractivity contribution in [2.75, 3.05) is 56.8 Å². The summed E-state index contributed by atoms with van der Waals surface area (Å²) in [5.41, 5.74) is 1.18. The van der Waals surface area contributed by atoms with Gasteiger partial charge in [0.2, 0.25) is 0 Å². The zero-order chi connectivity index (χ0) is 17.0. The molecule has 1 saturated heterocycles. The van der Waals surface area contributed by atoms with Crippen LogP contribution in [0, 0.1) is 0 Å². The van der Waals surface area contributed by atoms with Crippen LogP contribution in [0.15, 0.2) is 23.3 Å². The van der Waals surface area contributed by atoms with Gasteiger partial charge in [0.25, 0.3) is 0 Å². The van der Waals surface area contributed by atoms with E-state index in [1.807, 2.05) is 31.1 Å². The Morgan fingerprint density at radius 3 is 2.84 bits per heavy atom. The van der Waals surface area contributed by atoms with Gasteiger partial charge in [-0.3, -0.25) is 4.99 Å². The van der Waals surface area contributed by atoms with Gasteiger partial charge in [-0.05, 0) is 30.9 Å². The zero-order valence-corrected chi connectivity index (χ0v) is 18.3. The van der Waals surface area contributed by atoms with Crippen molar-refractivity contribution in [1.82, 2.24) is 15.6 Å². The molecule has 2 rings (SSSR count). The molecule has 6 nitrogen and oxygen atoms in total. The Balaban J connectivity index is 0.00000312. The second-order valence-electron chi connectivity index (χ2n) is 5.64. The van der Waals surface area contributed by atoms with Crippen molar-refractivity contribution in [3.8, 4) is 0 Å². The number of hydrogen-bond acceptors (Lipinski definition) is 5. The monoisotopic (exact) mass is 479 g/mol. The van der Waals surface area contributed by atoms with Crippen molar-refractivity contribution in [2.24, 2.45) is 4.99 Å². The minimum Gasteiger partial charge on any atom is -0.378 e. The second kappa shape index (κ2) is 13.5. The number of guanidine groups is 1. The van der Waals surface area contributed by atoms with Crippen LogP contribution in [0.25, 0.3) is 0 Å². The van der Waals surface area contributed by atoms with Gasteiger partial charge in [0, 0.05) is 45.0 Å². The molecule has 1 aromatic heterocycles. The van der Waals surface area contributed by atoms with Gasteiger partial charge >= 0.3 is 0 Å². The van der Waals surface area contributed by atoms with Crippen molar-refractivity contribution in [3.63, 3.8) is 0 Å². The fraction of sp³-hybridized carbons (Fsp3) is 0.647. The standard InChI is InChI=1S/C17H29N5OS.HI/c1-18-17(20-7-3-4-13-24-2)21-14-15-6-5-8-19-16(15)22-9-11-23-12-10-22;/h5-6,8H,3-4,7,9-14H2,1-2H3,(H2,18,20,21);1H. The van der Waals surface area contributed by atoms with E-state index in [1.165, 1.54) is 17.7 Å². The Bertz CT molecular complexity index is 512. The van der Waals surface area contributed by atoms with E-state index in [0.717, 1.165) is 51.0 Å². The molecular formula is C17H30IN5OS. The first-order chi connectivity index (χ1) is 11.8. The van der Waals surface area contributed by atoms with Gasteiger partial charge < -0.3 is 20.3 Å². The summed E-state index contributed by atoms with van der Waals surface area (Å²) in [5, 5.41) is 6.77. The number of aromatic nitrogens is 1. The molecule has 0 bridgehead atoms. The number of thioether (sulfide) groups is 1. The van der Waals surface area contributed by atoms with Gasteiger partial charge in [-0.25, -0.2) is 4.98 Å². The van der Waals surface area contributed by atoms with Crippen LogP contribution in [0.5, 0.6) is 0 Å². The van der Waals surface area contributed by atoms with Crippen molar-refractivity contribution in [3.05, 3.63) is 23.9 Å². The molecule has 0 unspecified atom stereocenters. The van der Waals surface area contributed by atoms with E-state index in [-0.39, 0.29) is 24.0 Å². The van der Waals surface area contributed by atoms with Gasteiger partial charge in [-0.1, -0.05) is 6.07 Å². The number of ether oxygens (including phenoxy) is 1. The third-order valence-electron chi connectivity index (χ3n) is 3.92. The van der Waals surface area contributed by atoms with Gasteiger partial charge in [-0.2, -0.15) is 11.8 Å². The van der Waals surface area contributed by atoms with Gasteiger partial charge in [-0.15, -0.1) is 24.0 Å². The van der Waals surface area contributed by atoms with Gasteiger partial charge in [0.15, 0.2) is 5.96 Å². The molecule has 0 spiro atoms. The molecule has 0 radical (unpaired) electrons. The first-order valence-electron chi connectivity index (χ1n) is 8.55. The van der Waals surface area contributed by atoms with E-state index in [1.54, 1.807) is 0 Å². The molecule has 2 N–H and O–H groups in total. The van der Waals surface area contributed by atoms with E-state index in [9.17, 15) is 0 Å². The summed E-state index contributed by atoms with van der Waals surface area (Å²) in [6.45, 7) is 4.99. The summed E-state index contributed by atoms with van der Waals surface area (Å²) in [5.74, 6) is 3.10. The van der Waals surface area contributed by atoms with E-state index in [0.29, 0.717) is 6.54 Å². The molecule has 0 aliphatic carbocycles. The first kappa shape index (κ1) is 22.3. The summed E-state index contributed by atoms with van der Waals surface area (Å²) < 4.78 is 5.43. The molecule has 2 heterocycles. The van der Waals surface area contributed by atoms with Crippen LogP contribution < -0.4 is 15.5 Å². The predicted octanol–water partition coefficient (Wildman–Crippen LogP) is 2.34. The van der Waals surface area contributed by atoms with Crippen LogP contribution in [0.1, 0.15) is 18.4 Å².